The summed E-state index contributed by atoms with van der Waals surface area (Å²) in [5.74, 6) is -0.371. The van der Waals surface area contributed by atoms with Crippen LogP contribution >= 0.6 is 0 Å². The predicted molar refractivity (Wildman–Crippen MR) is 66.6 cm³/mol. The van der Waals surface area contributed by atoms with Crippen molar-refractivity contribution >= 4 is 21.7 Å². The van der Waals surface area contributed by atoms with Crippen LogP contribution in [0.5, 0.6) is 0 Å². The molecule has 0 aliphatic carbocycles. The standard InChI is InChI=1S/C10H17N3O4S/c1-3-4-5-18(15,16)12-9-6-11-13(7-9)8-10(14)17-2/h6-7,12H,3-5,8H2,1-2H3. The van der Waals surface area contributed by atoms with Crippen molar-refractivity contribution in [3.8, 4) is 0 Å². The number of ether oxygens (including phenoxy) is 1. The monoisotopic (exact) mass is 275 g/mol. The Balaban J connectivity index is 2.61. The molecule has 1 rings (SSSR count). The third-order valence-corrected chi connectivity index (χ3v) is 3.56. The number of carbonyl (C=O) groups excluding carboxylic acids is 1. The first-order chi connectivity index (χ1) is 8.46. The van der Waals surface area contributed by atoms with E-state index in [0.717, 1.165) is 6.42 Å². The number of unbranched alkanes of at least 4 members (excludes halogenated alkanes) is 1. The molecular formula is C10H17N3O4S. The van der Waals surface area contributed by atoms with Crippen molar-refractivity contribution in [2.45, 2.75) is 26.3 Å². The SMILES string of the molecule is CCCCS(=O)(=O)Nc1cnn(CC(=O)OC)c1. The number of carbonyl (C=O) groups is 1. The van der Waals surface area contributed by atoms with Crippen molar-refractivity contribution in [3.63, 3.8) is 0 Å². The van der Waals surface area contributed by atoms with Gasteiger partial charge in [-0.05, 0) is 6.42 Å². The first-order valence-corrected chi connectivity index (χ1v) is 7.22. The van der Waals surface area contributed by atoms with Crippen LogP contribution in [0.4, 0.5) is 5.69 Å². The van der Waals surface area contributed by atoms with Crippen molar-refractivity contribution in [1.82, 2.24) is 9.78 Å². The number of nitrogens with one attached hydrogen (secondary N) is 1. The number of sulfonamides is 1. The van der Waals surface area contributed by atoms with Gasteiger partial charge in [0.25, 0.3) is 0 Å². The Bertz CT molecular complexity index is 495. The van der Waals surface area contributed by atoms with E-state index in [2.05, 4.69) is 14.6 Å². The summed E-state index contributed by atoms with van der Waals surface area (Å²) in [5.41, 5.74) is 0.343. The lowest BCUT2D eigenvalue weighted by molar-refractivity contribution is -0.141. The molecule has 7 nitrogen and oxygen atoms in total. The van der Waals surface area contributed by atoms with E-state index in [0.29, 0.717) is 12.1 Å². The summed E-state index contributed by atoms with van der Waals surface area (Å²) < 4.78 is 31.4. The molecule has 0 aliphatic rings. The summed E-state index contributed by atoms with van der Waals surface area (Å²) in [5, 5.41) is 3.86. The fourth-order valence-electron chi connectivity index (χ4n) is 1.26. The third-order valence-electron chi connectivity index (χ3n) is 2.19. The van der Waals surface area contributed by atoms with E-state index in [4.69, 9.17) is 0 Å². The molecule has 1 heterocycles. The molecule has 0 radical (unpaired) electrons. The van der Waals surface area contributed by atoms with Crippen LogP contribution in [0.15, 0.2) is 12.4 Å². The van der Waals surface area contributed by atoms with Crippen LogP contribution in [0.2, 0.25) is 0 Å². The highest BCUT2D eigenvalue weighted by Gasteiger charge is 2.11. The highest BCUT2D eigenvalue weighted by molar-refractivity contribution is 7.92. The first kappa shape index (κ1) is 14.5. The van der Waals surface area contributed by atoms with Gasteiger partial charge in [0.15, 0.2) is 0 Å². The second-order valence-electron chi connectivity index (χ2n) is 3.78. The molecule has 0 saturated carbocycles. The lowest BCUT2D eigenvalue weighted by Gasteiger charge is -2.04. The maximum atomic E-state index is 11.6. The summed E-state index contributed by atoms with van der Waals surface area (Å²) in [6, 6.07) is 0. The van der Waals surface area contributed by atoms with Gasteiger partial charge in [0.05, 0.1) is 24.7 Å². The van der Waals surface area contributed by atoms with Crippen molar-refractivity contribution in [3.05, 3.63) is 12.4 Å². The minimum Gasteiger partial charge on any atom is -0.468 e. The maximum Gasteiger partial charge on any atom is 0.327 e. The average Bonchev–Trinajstić information content (AvgIpc) is 2.73. The van der Waals surface area contributed by atoms with Crippen LogP contribution in [0, 0.1) is 0 Å². The number of rotatable bonds is 7. The minimum atomic E-state index is -3.34. The quantitative estimate of drug-likeness (QED) is 0.736. The van der Waals surface area contributed by atoms with Crippen molar-refractivity contribution in [2.75, 3.05) is 17.6 Å². The molecule has 18 heavy (non-hydrogen) atoms. The van der Waals surface area contributed by atoms with Crippen LogP contribution in [0.25, 0.3) is 0 Å². The topological polar surface area (TPSA) is 90.3 Å². The van der Waals surface area contributed by atoms with E-state index in [9.17, 15) is 13.2 Å². The van der Waals surface area contributed by atoms with E-state index in [1.165, 1.54) is 24.2 Å². The Morgan fingerprint density at radius 2 is 2.28 bits per heavy atom. The Kier molecular flexibility index (Phi) is 5.14. The zero-order valence-electron chi connectivity index (χ0n) is 10.4. The van der Waals surface area contributed by atoms with Crippen LogP contribution in [0.1, 0.15) is 19.8 Å². The molecule has 1 aromatic rings. The van der Waals surface area contributed by atoms with Crippen LogP contribution < -0.4 is 4.72 Å². The molecular weight excluding hydrogens is 258 g/mol. The molecule has 102 valence electrons. The predicted octanol–water partition coefficient (Wildman–Crippen LogP) is 0.598. The fourth-order valence-corrected chi connectivity index (χ4v) is 2.50. The number of hydrogen-bond donors (Lipinski definition) is 1. The van der Waals surface area contributed by atoms with Gasteiger partial charge >= 0.3 is 5.97 Å². The van der Waals surface area contributed by atoms with Gasteiger partial charge < -0.3 is 4.74 Å². The number of methoxy groups -OCH3 is 1. The Labute approximate surface area is 106 Å². The van der Waals surface area contributed by atoms with Crippen molar-refractivity contribution < 1.29 is 17.9 Å². The lowest BCUT2D eigenvalue weighted by atomic mass is 10.4. The Hall–Kier alpha value is -1.57. The van der Waals surface area contributed by atoms with Gasteiger partial charge in [-0.3, -0.25) is 14.2 Å². The Morgan fingerprint density at radius 1 is 1.56 bits per heavy atom. The summed E-state index contributed by atoms with van der Waals surface area (Å²) in [4.78, 5) is 11.0. The summed E-state index contributed by atoms with van der Waals surface area (Å²) in [6.07, 6.45) is 4.21. The number of hydrogen-bond acceptors (Lipinski definition) is 5. The molecule has 0 saturated heterocycles. The third kappa shape index (κ3) is 4.74. The number of aromatic nitrogens is 2. The summed E-state index contributed by atoms with van der Waals surface area (Å²) in [6.45, 7) is 1.87. The molecule has 0 aliphatic heterocycles. The second kappa shape index (κ2) is 6.39. The zero-order valence-corrected chi connectivity index (χ0v) is 11.2. The van der Waals surface area contributed by atoms with E-state index in [-0.39, 0.29) is 12.3 Å². The van der Waals surface area contributed by atoms with E-state index < -0.39 is 16.0 Å². The van der Waals surface area contributed by atoms with Crippen LogP contribution in [-0.2, 0) is 26.1 Å². The van der Waals surface area contributed by atoms with Gasteiger partial charge in [0.1, 0.15) is 6.54 Å². The fraction of sp³-hybridized carbons (Fsp3) is 0.600. The van der Waals surface area contributed by atoms with Crippen molar-refractivity contribution in [1.29, 1.82) is 0 Å². The van der Waals surface area contributed by atoms with Gasteiger partial charge in [-0.2, -0.15) is 5.10 Å². The van der Waals surface area contributed by atoms with Gasteiger partial charge in [0, 0.05) is 6.20 Å². The number of nitrogens with zero attached hydrogens (tertiary/aromatic N) is 2. The van der Waals surface area contributed by atoms with Crippen molar-refractivity contribution in [2.24, 2.45) is 0 Å². The molecule has 1 aromatic heterocycles. The second-order valence-corrected chi connectivity index (χ2v) is 5.62. The highest BCUT2D eigenvalue weighted by atomic mass is 32.2. The normalized spacial score (nSPS) is 11.2. The van der Waals surface area contributed by atoms with Gasteiger partial charge in [-0.25, -0.2) is 8.42 Å². The molecule has 0 bridgehead atoms. The molecule has 0 atom stereocenters. The summed E-state index contributed by atoms with van der Waals surface area (Å²) >= 11 is 0. The average molecular weight is 275 g/mol. The zero-order chi connectivity index (χ0) is 13.6. The van der Waals surface area contributed by atoms with Gasteiger partial charge in [-0.15, -0.1) is 0 Å². The Morgan fingerprint density at radius 3 is 2.89 bits per heavy atom. The van der Waals surface area contributed by atoms with E-state index in [1.807, 2.05) is 6.92 Å². The smallest absolute Gasteiger partial charge is 0.327 e. The van der Waals surface area contributed by atoms with Gasteiger partial charge in [0.2, 0.25) is 10.0 Å². The molecule has 1 N–H and O–H groups in total. The first-order valence-electron chi connectivity index (χ1n) is 5.56. The minimum absolute atomic E-state index is 0.0484. The highest BCUT2D eigenvalue weighted by Crippen LogP contribution is 2.09. The number of anilines is 1. The van der Waals surface area contributed by atoms with Gasteiger partial charge in [-0.1, -0.05) is 13.3 Å². The largest absolute Gasteiger partial charge is 0.468 e. The molecule has 0 unspecified atom stereocenters. The lowest BCUT2D eigenvalue weighted by Crippen LogP contribution is -2.16. The molecule has 0 aromatic carbocycles. The van der Waals surface area contributed by atoms with E-state index in [1.54, 1.807) is 0 Å². The van der Waals surface area contributed by atoms with E-state index >= 15 is 0 Å². The molecule has 8 heteroatoms. The molecule has 0 amide bonds. The number of esters is 1. The molecule has 0 fully saturated rings. The maximum absolute atomic E-state index is 11.6. The van der Waals surface area contributed by atoms with Crippen LogP contribution in [-0.4, -0.2) is 37.0 Å². The molecule has 0 spiro atoms. The van der Waals surface area contributed by atoms with Crippen LogP contribution in [0.3, 0.4) is 0 Å². The summed E-state index contributed by atoms with van der Waals surface area (Å²) in [7, 11) is -2.06.